The van der Waals surface area contributed by atoms with E-state index < -0.39 is 29.5 Å². The number of rotatable bonds is 12. The average molecular weight is 645 g/mol. The molecule has 0 radical (unpaired) electrons. The Hall–Kier alpha value is -4.97. The lowest BCUT2D eigenvalue weighted by atomic mass is 9.96. The standard InChI is InChI=1S/C34H36N4O7S/c1-7-10-17-44-23-14-13-22(18-24(23)43-9-3)27-25(28(39)26-21(6)37-15-11-12-19(4)31(37)36-26)29(40)32(41)38(27)34-35-20(5)30(46-34)33(42)45-16-8-2/h8,11-15,18,27,39H,2,7,9-10,16-17H2,1,3-6H3. The second kappa shape index (κ2) is 13.6. The number of aryl methyl sites for hydroxylation is 3. The Bertz CT molecular complexity index is 1870. The van der Waals surface area contributed by atoms with Gasteiger partial charge in [-0.25, -0.2) is 14.8 Å². The molecule has 1 aliphatic heterocycles. The van der Waals surface area contributed by atoms with E-state index in [9.17, 15) is 19.5 Å². The molecule has 46 heavy (non-hydrogen) atoms. The Morgan fingerprint density at radius 3 is 2.59 bits per heavy atom. The first-order valence-electron chi connectivity index (χ1n) is 15.0. The molecule has 1 aliphatic rings. The van der Waals surface area contributed by atoms with Crippen molar-refractivity contribution in [2.24, 2.45) is 0 Å². The summed E-state index contributed by atoms with van der Waals surface area (Å²) in [5, 5.41) is 11.9. The van der Waals surface area contributed by atoms with Crippen molar-refractivity contribution in [3.63, 3.8) is 0 Å². The van der Waals surface area contributed by atoms with Crippen molar-refractivity contribution in [1.82, 2.24) is 14.4 Å². The lowest BCUT2D eigenvalue weighted by Crippen LogP contribution is -2.29. The van der Waals surface area contributed by atoms with Gasteiger partial charge in [0.05, 0.1) is 36.2 Å². The zero-order valence-corrected chi connectivity index (χ0v) is 27.3. The fourth-order valence-electron chi connectivity index (χ4n) is 5.30. The normalized spacial score (nSPS) is 15.8. The molecule has 12 heteroatoms. The second-order valence-corrected chi connectivity index (χ2v) is 11.7. The number of aromatic nitrogens is 3. The number of Topliss-reactive ketones (excluding diaryl/α,β-unsaturated/α-hetero) is 1. The van der Waals surface area contributed by atoms with Gasteiger partial charge >= 0.3 is 11.9 Å². The lowest BCUT2D eigenvalue weighted by molar-refractivity contribution is -0.132. The first-order valence-corrected chi connectivity index (χ1v) is 15.8. The maximum atomic E-state index is 13.9. The number of anilines is 1. The largest absolute Gasteiger partial charge is 0.505 e. The highest BCUT2D eigenvalue weighted by Gasteiger charge is 2.49. The van der Waals surface area contributed by atoms with Gasteiger partial charge in [-0.05, 0) is 63.4 Å². The summed E-state index contributed by atoms with van der Waals surface area (Å²) in [6.45, 7) is 13.6. The highest BCUT2D eigenvalue weighted by molar-refractivity contribution is 7.17. The molecule has 1 saturated heterocycles. The summed E-state index contributed by atoms with van der Waals surface area (Å²) in [4.78, 5) is 51.0. The predicted molar refractivity (Wildman–Crippen MR) is 175 cm³/mol. The molecule has 0 bridgehead atoms. The molecule has 240 valence electrons. The zero-order valence-electron chi connectivity index (χ0n) is 26.5. The molecule has 3 aromatic heterocycles. The van der Waals surface area contributed by atoms with Crippen LogP contribution in [0.2, 0.25) is 0 Å². The van der Waals surface area contributed by atoms with Gasteiger partial charge in [-0.2, -0.15) is 0 Å². The Kier molecular flexibility index (Phi) is 9.57. The number of nitrogens with zero attached hydrogens (tertiary/aromatic N) is 4. The van der Waals surface area contributed by atoms with Crippen LogP contribution < -0.4 is 14.4 Å². The number of unbranched alkanes of at least 4 members (excludes halogenated alkanes) is 1. The molecule has 1 atom stereocenters. The van der Waals surface area contributed by atoms with Crippen LogP contribution in [-0.2, 0) is 14.3 Å². The van der Waals surface area contributed by atoms with Crippen molar-refractivity contribution in [2.45, 2.75) is 53.5 Å². The summed E-state index contributed by atoms with van der Waals surface area (Å²) in [5.41, 5.74) is 2.87. The number of ketones is 1. The van der Waals surface area contributed by atoms with Gasteiger partial charge in [0, 0.05) is 6.20 Å². The number of aliphatic hydroxyl groups excluding tert-OH is 1. The third-order valence-electron chi connectivity index (χ3n) is 7.60. The van der Waals surface area contributed by atoms with E-state index in [-0.39, 0.29) is 27.9 Å². The molecule has 4 heterocycles. The lowest BCUT2D eigenvalue weighted by Gasteiger charge is -2.24. The van der Waals surface area contributed by atoms with Crippen molar-refractivity contribution >= 4 is 45.5 Å². The Morgan fingerprint density at radius 2 is 1.89 bits per heavy atom. The summed E-state index contributed by atoms with van der Waals surface area (Å²) in [5.74, 6) is -1.94. The third kappa shape index (κ3) is 5.87. The Morgan fingerprint density at radius 1 is 1.11 bits per heavy atom. The van der Waals surface area contributed by atoms with Crippen molar-refractivity contribution in [2.75, 3.05) is 24.7 Å². The number of imidazole rings is 1. The van der Waals surface area contributed by atoms with Gasteiger partial charge in [-0.1, -0.05) is 49.5 Å². The summed E-state index contributed by atoms with van der Waals surface area (Å²) >= 11 is 0.922. The number of benzene rings is 1. The van der Waals surface area contributed by atoms with E-state index in [1.807, 2.05) is 36.6 Å². The smallest absolute Gasteiger partial charge is 0.350 e. The number of carbonyl (C=O) groups excluding carboxylic acids is 3. The van der Waals surface area contributed by atoms with Crippen LogP contribution in [0.25, 0.3) is 11.4 Å². The maximum absolute atomic E-state index is 13.9. The molecule has 0 spiro atoms. The van der Waals surface area contributed by atoms with Crippen LogP contribution in [0.4, 0.5) is 5.13 Å². The Balaban J connectivity index is 1.71. The number of pyridine rings is 1. The number of ether oxygens (including phenoxy) is 3. The van der Waals surface area contributed by atoms with E-state index in [1.54, 1.807) is 32.0 Å². The van der Waals surface area contributed by atoms with Crippen LogP contribution in [0.5, 0.6) is 11.5 Å². The average Bonchev–Trinajstić information content (AvgIpc) is 3.68. The SMILES string of the molecule is C=CCOC(=O)c1sc(N2C(=O)C(=O)C(=C(O)c3nc4c(C)cccn4c3C)C2c2ccc(OCCCC)c(OCC)c2)nc1C. The van der Waals surface area contributed by atoms with Crippen LogP contribution in [0.3, 0.4) is 0 Å². The monoisotopic (exact) mass is 644 g/mol. The van der Waals surface area contributed by atoms with Gasteiger partial charge in [-0.15, -0.1) is 0 Å². The van der Waals surface area contributed by atoms with E-state index in [0.29, 0.717) is 47.3 Å². The molecule has 1 unspecified atom stereocenters. The molecule has 1 fully saturated rings. The minimum absolute atomic E-state index is 0.000734. The fraction of sp³-hybridized carbons (Fsp3) is 0.324. The van der Waals surface area contributed by atoms with Crippen LogP contribution in [0, 0.1) is 20.8 Å². The fourth-order valence-corrected chi connectivity index (χ4v) is 6.29. The highest BCUT2D eigenvalue weighted by Crippen LogP contribution is 2.46. The summed E-state index contributed by atoms with van der Waals surface area (Å²) in [6, 6.07) is 7.77. The summed E-state index contributed by atoms with van der Waals surface area (Å²) in [7, 11) is 0. The maximum Gasteiger partial charge on any atom is 0.350 e. The number of amides is 1. The van der Waals surface area contributed by atoms with Crippen molar-refractivity contribution in [3.05, 3.63) is 87.8 Å². The molecule has 1 N–H and O–H groups in total. The molecule has 1 aromatic carbocycles. The van der Waals surface area contributed by atoms with Crippen LogP contribution >= 0.6 is 11.3 Å². The third-order valence-corrected chi connectivity index (χ3v) is 8.74. The van der Waals surface area contributed by atoms with Crippen LogP contribution in [0.1, 0.15) is 70.6 Å². The van der Waals surface area contributed by atoms with Gasteiger partial charge in [0.15, 0.2) is 22.4 Å². The molecular formula is C34H36N4O7S. The minimum Gasteiger partial charge on any atom is -0.505 e. The van der Waals surface area contributed by atoms with Crippen LogP contribution in [0.15, 0.2) is 54.8 Å². The van der Waals surface area contributed by atoms with Gasteiger partial charge in [0.25, 0.3) is 5.78 Å². The highest BCUT2D eigenvalue weighted by atomic mass is 32.1. The topological polar surface area (TPSA) is 133 Å². The van der Waals surface area contributed by atoms with E-state index in [4.69, 9.17) is 14.2 Å². The van der Waals surface area contributed by atoms with E-state index in [1.165, 1.54) is 11.0 Å². The predicted octanol–water partition coefficient (Wildman–Crippen LogP) is 6.26. The number of carbonyl (C=O) groups is 3. The second-order valence-electron chi connectivity index (χ2n) is 10.7. The van der Waals surface area contributed by atoms with Gasteiger partial charge < -0.3 is 23.7 Å². The van der Waals surface area contributed by atoms with Crippen molar-refractivity contribution in [3.8, 4) is 11.5 Å². The summed E-state index contributed by atoms with van der Waals surface area (Å²) < 4.78 is 18.9. The van der Waals surface area contributed by atoms with Crippen molar-refractivity contribution in [1.29, 1.82) is 0 Å². The number of esters is 1. The van der Waals surface area contributed by atoms with E-state index in [0.717, 1.165) is 29.7 Å². The first kappa shape index (κ1) is 32.4. The van der Waals surface area contributed by atoms with Gasteiger partial charge in [0.1, 0.15) is 22.8 Å². The first-order chi connectivity index (χ1) is 22.1. The number of aliphatic hydroxyl groups is 1. The van der Waals surface area contributed by atoms with Crippen LogP contribution in [-0.4, -0.2) is 57.0 Å². The minimum atomic E-state index is -1.13. The molecule has 0 aliphatic carbocycles. The summed E-state index contributed by atoms with van der Waals surface area (Å²) in [6.07, 6.45) is 5.07. The molecular weight excluding hydrogens is 608 g/mol. The molecule has 5 rings (SSSR count). The van der Waals surface area contributed by atoms with Crippen molar-refractivity contribution < 1.29 is 33.7 Å². The van der Waals surface area contributed by atoms with E-state index in [2.05, 4.69) is 23.5 Å². The number of hydrogen-bond acceptors (Lipinski definition) is 10. The Labute approximate surface area is 270 Å². The van der Waals surface area contributed by atoms with Gasteiger partial charge in [0.2, 0.25) is 0 Å². The molecule has 0 saturated carbocycles. The van der Waals surface area contributed by atoms with Gasteiger partial charge in [-0.3, -0.25) is 14.5 Å². The zero-order chi connectivity index (χ0) is 33.1. The van der Waals surface area contributed by atoms with E-state index >= 15 is 0 Å². The number of fused-ring (bicyclic) bond motifs is 1. The number of hydrogen-bond donors (Lipinski definition) is 1. The molecule has 4 aromatic rings. The molecule has 1 amide bonds. The molecule has 11 nitrogen and oxygen atoms in total. The quantitative estimate of drug-likeness (QED) is 0.0474. The number of thiazole rings is 1.